The number of nitro benzene ring substituents is 1. The summed E-state index contributed by atoms with van der Waals surface area (Å²) in [5, 5.41) is 16.1. The van der Waals surface area contributed by atoms with Gasteiger partial charge in [-0.15, -0.1) is 0 Å². The number of carbonyl (C=O) groups excluding carboxylic acids is 1. The van der Waals surface area contributed by atoms with Crippen molar-refractivity contribution in [3.8, 4) is 17.2 Å². The number of benzene rings is 2. The van der Waals surface area contributed by atoms with Gasteiger partial charge in [0, 0.05) is 25.2 Å². The maximum Gasteiger partial charge on any atom is 0.315 e. The second-order valence-electron chi connectivity index (χ2n) is 5.50. The summed E-state index contributed by atoms with van der Waals surface area (Å²) in [4.78, 5) is 22.3. The highest BCUT2D eigenvalue weighted by Gasteiger charge is 2.13. The highest BCUT2D eigenvalue weighted by atomic mass is 16.6. The molecule has 0 bridgehead atoms. The summed E-state index contributed by atoms with van der Waals surface area (Å²) in [7, 11) is 4.54. The zero-order valence-corrected chi connectivity index (χ0v) is 15.3. The van der Waals surface area contributed by atoms with Crippen LogP contribution < -0.4 is 24.8 Å². The fourth-order valence-electron chi connectivity index (χ4n) is 2.44. The topological polar surface area (TPSA) is 112 Å². The van der Waals surface area contributed by atoms with Gasteiger partial charge in [-0.2, -0.15) is 0 Å². The number of non-ortho nitro benzene ring substituents is 1. The van der Waals surface area contributed by atoms with Crippen LogP contribution in [0.4, 0.5) is 10.5 Å². The number of urea groups is 1. The van der Waals surface area contributed by atoms with E-state index in [1.165, 1.54) is 33.5 Å². The molecule has 0 unspecified atom stereocenters. The summed E-state index contributed by atoms with van der Waals surface area (Å²) in [6.07, 6.45) is 0. The van der Waals surface area contributed by atoms with E-state index in [-0.39, 0.29) is 18.8 Å². The van der Waals surface area contributed by atoms with Crippen molar-refractivity contribution in [3.63, 3.8) is 0 Å². The SMILES string of the molecule is COc1cc(CNC(=O)NCc2cccc([N+](=O)[O-])c2)cc(OC)c1OC. The van der Waals surface area contributed by atoms with Crippen LogP contribution in [0.5, 0.6) is 17.2 Å². The van der Waals surface area contributed by atoms with Crippen molar-refractivity contribution >= 4 is 11.7 Å². The number of nitrogens with zero attached hydrogens (tertiary/aromatic N) is 1. The maximum atomic E-state index is 12.0. The summed E-state index contributed by atoms with van der Waals surface area (Å²) in [5.74, 6) is 1.45. The Morgan fingerprint density at radius 1 is 0.963 bits per heavy atom. The quantitative estimate of drug-likeness (QED) is 0.542. The molecule has 0 aromatic heterocycles. The van der Waals surface area contributed by atoms with E-state index in [4.69, 9.17) is 14.2 Å². The summed E-state index contributed by atoms with van der Waals surface area (Å²) in [6.45, 7) is 0.403. The van der Waals surface area contributed by atoms with E-state index in [1.807, 2.05) is 0 Å². The first-order chi connectivity index (χ1) is 13.0. The molecule has 2 N–H and O–H groups in total. The second-order valence-corrected chi connectivity index (χ2v) is 5.50. The van der Waals surface area contributed by atoms with Crippen LogP contribution in [-0.4, -0.2) is 32.3 Å². The van der Waals surface area contributed by atoms with E-state index in [1.54, 1.807) is 24.3 Å². The van der Waals surface area contributed by atoms with Crippen molar-refractivity contribution in [2.45, 2.75) is 13.1 Å². The maximum absolute atomic E-state index is 12.0. The van der Waals surface area contributed by atoms with Gasteiger partial charge in [0.15, 0.2) is 11.5 Å². The lowest BCUT2D eigenvalue weighted by Gasteiger charge is -2.14. The largest absolute Gasteiger partial charge is 0.493 e. The number of ether oxygens (including phenoxy) is 3. The summed E-state index contributed by atoms with van der Waals surface area (Å²) in [6, 6.07) is 9.16. The molecule has 9 nitrogen and oxygen atoms in total. The normalized spacial score (nSPS) is 10.0. The molecule has 0 fully saturated rings. The average Bonchev–Trinajstić information content (AvgIpc) is 2.69. The molecule has 0 spiro atoms. The van der Waals surface area contributed by atoms with Crippen LogP contribution >= 0.6 is 0 Å². The van der Waals surface area contributed by atoms with Gasteiger partial charge in [0.05, 0.1) is 26.3 Å². The minimum atomic E-state index is -0.478. The Balaban J connectivity index is 1.95. The molecule has 2 aromatic rings. The van der Waals surface area contributed by atoms with E-state index in [9.17, 15) is 14.9 Å². The van der Waals surface area contributed by atoms with Crippen LogP contribution in [0.1, 0.15) is 11.1 Å². The molecule has 2 rings (SSSR count). The van der Waals surface area contributed by atoms with Gasteiger partial charge in [-0.05, 0) is 23.3 Å². The zero-order valence-electron chi connectivity index (χ0n) is 15.3. The van der Waals surface area contributed by atoms with Crippen molar-refractivity contribution in [1.82, 2.24) is 10.6 Å². The number of rotatable bonds is 8. The van der Waals surface area contributed by atoms with Gasteiger partial charge in [0.1, 0.15) is 0 Å². The predicted octanol–water partition coefficient (Wildman–Crippen LogP) is 2.62. The van der Waals surface area contributed by atoms with Gasteiger partial charge in [0.2, 0.25) is 5.75 Å². The third-order valence-corrected chi connectivity index (χ3v) is 3.75. The number of carbonyl (C=O) groups is 1. The van der Waals surface area contributed by atoms with Gasteiger partial charge in [-0.25, -0.2) is 4.79 Å². The Bertz CT molecular complexity index is 799. The molecule has 2 amide bonds. The molecule has 27 heavy (non-hydrogen) atoms. The van der Waals surface area contributed by atoms with E-state index in [0.29, 0.717) is 22.8 Å². The first-order valence-corrected chi connectivity index (χ1v) is 8.02. The highest BCUT2D eigenvalue weighted by Crippen LogP contribution is 2.38. The number of methoxy groups -OCH3 is 3. The molecular formula is C18H21N3O6. The Morgan fingerprint density at radius 3 is 2.07 bits per heavy atom. The zero-order chi connectivity index (χ0) is 19.8. The third kappa shape index (κ3) is 5.24. The monoisotopic (exact) mass is 375 g/mol. The Morgan fingerprint density at radius 2 is 1.56 bits per heavy atom. The second kappa shape index (κ2) is 9.27. The smallest absolute Gasteiger partial charge is 0.315 e. The van der Waals surface area contributed by atoms with Gasteiger partial charge >= 0.3 is 6.03 Å². The van der Waals surface area contributed by atoms with Crippen molar-refractivity contribution in [3.05, 3.63) is 57.6 Å². The fourth-order valence-corrected chi connectivity index (χ4v) is 2.44. The molecular weight excluding hydrogens is 354 g/mol. The number of hydrogen-bond acceptors (Lipinski definition) is 6. The Labute approximate surface area is 156 Å². The minimum absolute atomic E-state index is 0.0212. The van der Waals surface area contributed by atoms with Crippen molar-refractivity contribution in [2.24, 2.45) is 0 Å². The molecule has 144 valence electrons. The van der Waals surface area contributed by atoms with Crippen LogP contribution in [0.2, 0.25) is 0 Å². The lowest BCUT2D eigenvalue weighted by Crippen LogP contribution is -2.34. The van der Waals surface area contributed by atoms with Gasteiger partial charge in [0.25, 0.3) is 5.69 Å². The first kappa shape index (κ1) is 19.8. The summed E-state index contributed by atoms with van der Waals surface area (Å²) >= 11 is 0. The van der Waals surface area contributed by atoms with Crippen LogP contribution in [0.3, 0.4) is 0 Å². The lowest BCUT2D eigenvalue weighted by atomic mass is 10.2. The Hall–Kier alpha value is -3.49. The molecule has 9 heteroatoms. The number of amides is 2. The molecule has 0 aliphatic rings. The van der Waals surface area contributed by atoms with Crippen molar-refractivity contribution in [1.29, 1.82) is 0 Å². The summed E-state index contributed by atoms with van der Waals surface area (Å²) < 4.78 is 15.8. The number of nitrogens with one attached hydrogen (secondary N) is 2. The molecule has 0 saturated carbocycles. The average molecular weight is 375 g/mol. The van der Waals surface area contributed by atoms with E-state index in [0.717, 1.165) is 5.56 Å². The van der Waals surface area contributed by atoms with Gasteiger partial charge in [-0.1, -0.05) is 12.1 Å². The van der Waals surface area contributed by atoms with E-state index < -0.39 is 11.0 Å². The fraction of sp³-hybridized carbons (Fsp3) is 0.278. The van der Waals surface area contributed by atoms with Crippen LogP contribution in [0.15, 0.2) is 36.4 Å². The standard InChI is InChI=1S/C18H21N3O6/c1-25-15-8-13(9-16(26-2)17(15)27-3)11-20-18(22)19-10-12-5-4-6-14(7-12)21(23)24/h4-9H,10-11H2,1-3H3,(H2,19,20,22). The molecule has 2 aromatic carbocycles. The molecule has 0 heterocycles. The van der Waals surface area contributed by atoms with Gasteiger partial charge < -0.3 is 24.8 Å². The van der Waals surface area contributed by atoms with Crippen molar-refractivity contribution in [2.75, 3.05) is 21.3 Å². The van der Waals surface area contributed by atoms with Crippen molar-refractivity contribution < 1.29 is 23.9 Å². The third-order valence-electron chi connectivity index (χ3n) is 3.75. The van der Waals surface area contributed by atoms with E-state index in [2.05, 4.69) is 10.6 Å². The molecule has 0 aliphatic heterocycles. The first-order valence-electron chi connectivity index (χ1n) is 8.02. The summed E-state index contributed by atoms with van der Waals surface area (Å²) in [5.41, 5.74) is 1.37. The number of hydrogen-bond donors (Lipinski definition) is 2. The molecule has 0 radical (unpaired) electrons. The highest BCUT2D eigenvalue weighted by molar-refractivity contribution is 5.74. The molecule has 0 atom stereocenters. The van der Waals surface area contributed by atoms with Gasteiger partial charge in [-0.3, -0.25) is 10.1 Å². The predicted molar refractivity (Wildman–Crippen MR) is 98.3 cm³/mol. The van der Waals surface area contributed by atoms with Crippen LogP contribution in [0, 0.1) is 10.1 Å². The molecule has 0 saturated heterocycles. The Kier molecular flexibility index (Phi) is 6.81. The van der Waals surface area contributed by atoms with E-state index >= 15 is 0 Å². The van der Waals surface area contributed by atoms with Crippen LogP contribution in [-0.2, 0) is 13.1 Å². The lowest BCUT2D eigenvalue weighted by molar-refractivity contribution is -0.384. The minimum Gasteiger partial charge on any atom is -0.493 e. The number of nitro groups is 1. The molecule has 0 aliphatic carbocycles. The van der Waals surface area contributed by atoms with Crippen LogP contribution in [0.25, 0.3) is 0 Å².